The highest BCUT2D eigenvalue weighted by atomic mass is 16.5. The molecule has 1 amide bonds. The topological polar surface area (TPSA) is 76.1 Å². The van der Waals surface area contributed by atoms with Gasteiger partial charge in [-0.1, -0.05) is 30.3 Å². The van der Waals surface area contributed by atoms with E-state index in [1.807, 2.05) is 43.3 Å². The number of rotatable bonds is 5. The summed E-state index contributed by atoms with van der Waals surface area (Å²) >= 11 is 0. The molecule has 0 spiro atoms. The quantitative estimate of drug-likeness (QED) is 0.354. The molecule has 166 valence electrons. The second-order valence-corrected chi connectivity index (χ2v) is 7.93. The van der Waals surface area contributed by atoms with Crippen molar-refractivity contribution >= 4 is 23.1 Å². The number of anilines is 1. The zero-order chi connectivity index (χ0) is 22.9. The third-order valence-electron chi connectivity index (χ3n) is 5.95. The normalized spacial score (nSPS) is 18.8. The van der Waals surface area contributed by atoms with Crippen molar-refractivity contribution in [2.24, 2.45) is 0 Å². The third kappa shape index (κ3) is 3.63. The van der Waals surface area contributed by atoms with Crippen LogP contribution in [0.15, 0.2) is 78.4 Å². The van der Waals surface area contributed by atoms with Crippen LogP contribution in [-0.2, 0) is 16.0 Å². The lowest BCUT2D eigenvalue weighted by atomic mass is 9.94. The lowest BCUT2D eigenvalue weighted by Crippen LogP contribution is -2.29. The third-order valence-corrected chi connectivity index (χ3v) is 5.95. The molecule has 6 heteroatoms. The summed E-state index contributed by atoms with van der Waals surface area (Å²) in [6, 6.07) is 20.8. The smallest absolute Gasteiger partial charge is 0.300 e. The Labute approximate surface area is 191 Å². The lowest BCUT2D eigenvalue weighted by Gasteiger charge is -2.25. The van der Waals surface area contributed by atoms with E-state index in [1.165, 1.54) is 4.90 Å². The van der Waals surface area contributed by atoms with Crippen molar-refractivity contribution < 1.29 is 24.2 Å². The van der Waals surface area contributed by atoms with E-state index in [0.29, 0.717) is 35.8 Å². The highest BCUT2D eigenvalue weighted by Gasteiger charge is 2.47. The minimum atomic E-state index is -0.771. The van der Waals surface area contributed by atoms with Gasteiger partial charge in [0.2, 0.25) is 0 Å². The maximum atomic E-state index is 13.2. The molecule has 0 aromatic heterocycles. The standard InChI is InChI=1S/C27H23NO5/c1-2-32-21-11-8-17(9-12-21)24-23(25(29)19-10-13-22-18(16-19)14-15-33-22)26(30)27(31)28(24)20-6-4-3-5-7-20/h3-13,16,24,29H,2,14-15H2,1H3/b25-23-. The van der Waals surface area contributed by atoms with Crippen LogP contribution in [0.3, 0.4) is 0 Å². The van der Waals surface area contributed by atoms with Crippen LogP contribution < -0.4 is 14.4 Å². The van der Waals surface area contributed by atoms with Crippen LogP contribution in [0.2, 0.25) is 0 Å². The Bertz CT molecular complexity index is 1250. The number of hydrogen-bond acceptors (Lipinski definition) is 5. The summed E-state index contributed by atoms with van der Waals surface area (Å²) in [4.78, 5) is 27.9. The van der Waals surface area contributed by atoms with E-state index in [-0.39, 0.29) is 11.3 Å². The fraction of sp³-hybridized carbons (Fsp3) is 0.185. The van der Waals surface area contributed by atoms with Gasteiger partial charge in [0, 0.05) is 17.7 Å². The van der Waals surface area contributed by atoms with Gasteiger partial charge in [0.05, 0.1) is 24.8 Å². The number of fused-ring (bicyclic) bond motifs is 1. The molecule has 1 unspecified atom stereocenters. The molecule has 3 aromatic carbocycles. The zero-order valence-corrected chi connectivity index (χ0v) is 18.2. The SMILES string of the molecule is CCOc1ccc(C2/C(=C(/O)c3ccc4c(c3)CCO4)C(=O)C(=O)N2c2ccccc2)cc1. The summed E-state index contributed by atoms with van der Waals surface area (Å²) in [6.07, 6.45) is 0.733. The molecule has 0 radical (unpaired) electrons. The number of aliphatic hydroxyl groups is 1. The summed E-state index contributed by atoms with van der Waals surface area (Å²) in [7, 11) is 0. The summed E-state index contributed by atoms with van der Waals surface area (Å²) in [5.74, 6) is -0.116. The lowest BCUT2D eigenvalue weighted by molar-refractivity contribution is -0.132. The van der Waals surface area contributed by atoms with Gasteiger partial charge in [0.25, 0.3) is 11.7 Å². The van der Waals surface area contributed by atoms with Crippen molar-refractivity contribution in [3.8, 4) is 11.5 Å². The molecule has 2 aliphatic heterocycles. The van der Waals surface area contributed by atoms with Gasteiger partial charge in [-0.2, -0.15) is 0 Å². The Kier molecular flexibility index (Phi) is 5.34. The molecule has 0 aliphatic carbocycles. The van der Waals surface area contributed by atoms with Gasteiger partial charge in [-0.05, 0) is 60.5 Å². The molecule has 0 bridgehead atoms. The summed E-state index contributed by atoms with van der Waals surface area (Å²) < 4.78 is 11.1. The molecule has 3 aromatic rings. The van der Waals surface area contributed by atoms with Crippen molar-refractivity contribution in [1.82, 2.24) is 0 Å². The molecule has 1 fully saturated rings. The Morgan fingerprint density at radius 3 is 2.55 bits per heavy atom. The van der Waals surface area contributed by atoms with Crippen LogP contribution in [-0.4, -0.2) is 30.0 Å². The molecule has 1 atom stereocenters. The first kappa shape index (κ1) is 20.8. The van der Waals surface area contributed by atoms with Crippen LogP contribution in [0.25, 0.3) is 5.76 Å². The van der Waals surface area contributed by atoms with Crippen LogP contribution in [0.5, 0.6) is 11.5 Å². The Morgan fingerprint density at radius 1 is 1.06 bits per heavy atom. The molecular formula is C27H23NO5. The number of nitrogens with zero attached hydrogens (tertiary/aromatic N) is 1. The van der Waals surface area contributed by atoms with Crippen molar-refractivity contribution in [2.45, 2.75) is 19.4 Å². The Balaban J connectivity index is 1.67. The minimum Gasteiger partial charge on any atom is -0.507 e. The first-order valence-electron chi connectivity index (χ1n) is 10.9. The number of carbonyl (C=O) groups is 2. The van der Waals surface area contributed by atoms with Crippen molar-refractivity contribution in [2.75, 3.05) is 18.1 Å². The first-order chi connectivity index (χ1) is 16.1. The van der Waals surface area contributed by atoms with Crippen molar-refractivity contribution in [3.63, 3.8) is 0 Å². The van der Waals surface area contributed by atoms with E-state index in [1.54, 1.807) is 36.4 Å². The summed E-state index contributed by atoms with van der Waals surface area (Å²) in [5.41, 5.74) is 2.80. The van der Waals surface area contributed by atoms with Gasteiger partial charge in [0.15, 0.2) is 0 Å². The van der Waals surface area contributed by atoms with Crippen LogP contribution >= 0.6 is 0 Å². The molecule has 1 saturated heterocycles. The maximum Gasteiger partial charge on any atom is 0.300 e. The van der Waals surface area contributed by atoms with E-state index in [4.69, 9.17) is 9.47 Å². The molecule has 33 heavy (non-hydrogen) atoms. The molecule has 1 N–H and O–H groups in total. The zero-order valence-electron chi connectivity index (χ0n) is 18.2. The number of ketones is 1. The number of para-hydroxylation sites is 1. The molecular weight excluding hydrogens is 418 g/mol. The van der Waals surface area contributed by atoms with Gasteiger partial charge in [-0.3, -0.25) is 14.5 Å². The monoisotopic (exact) mass is 441 g/mol. The van der Waals surface area contributed by atoms with E-state index < -0.39 is 17.7 Å². The van der Waals surface area contributed by atoms with E-state index >= 15 is 0 Å². The van der Waals surface area contributed by atoms with Crippen LogP contribution in [0, 0.1) is 0 Å². The summed E-state index contributed by atoms with van der Waals surface area (Å²) in [6.45, 7) is 3.02. The number of benzene rings is 3. The maximum absolute atomic E-state index is 13.2. The largest absolute Gasteiger partial charge is 0.507 e. The molecule has 6 nitrogen and oxygen atoms in total. The van der Waals surface area contributed by atoms with E-state index in [9.17, 15) is 14.7 Å². The van der Waals surface area contributed by atoms with Gasteiger partial charge < -0.3 is 14.6 Å². The van der Waals surface area contributed by atoms with Gasteiger partial charge in [0.1, 0.15) is 17.3 Å². The number of aliphatic hydroxyl groups excluding tert-OH is 1. The number of amides is 1. The Hall–Kier alpha value is -4.06. The fourth-order valence-electron chi connectivity index (χ4n) is 4.41. The molecule has 5 rings (SSSR count). The number of ether oxygens (including phenoxy) is 2. The van der Waals surface area contributed by atoms with Gasteiger partial charge in [-0.25, -0.2) is 0 Å². The van der Waals surface area contributed by atoms with E-state index in [0.717, 1.165) is 17.7 Å². The highest BCUT2D eigenvalue weighted by molar-refractivity contribution is 6.51. The number of Topliss-reactive ketones (excluding diaryl/α,β-unsaturated/α-hetero) is 1. The number of carbonyl (C=O) groups excluding carboxylic acids is 2. The summed E-state index contributed by atoms with van der Waals surface area (Å²) in [5, 5.41) is 11.3. The average molecular weight is 441 g/mol. The average Bonchev–Trinajstić information content (AvgIpc) is 3.42. The van der Waals surface area contributed by atoms with Crippen molar-refractivity contribution in [1.29, 1.82) is 0 Å². The van der Waals surface area contributed by atoms with Gasteiger partial charge in [-0.15, -0.1) is 0 Å². The molecule has 0 saturated carbocycles. The van der Waals surface area contributed by atoms with Gasteiger partial charge >= 0.3 is 0 Å². The second kappa shape index (κ2) is 8.47. The van der Waals surface area contributed by atoms with E-state index in [2.05, 4.69) is 0 Å². The fourth-order valence-corrected chi connectivity index (χ4v) is 4.41. The highest BCUT2D eigenvalue weighted by Crippen LogP contribution is 2.43. The second-order valence-electron chi connectivity index (χ2n) is 7.93. The number of hydrogen-bond donors (Lipinski definition) is 1. The minimum absolute atomic E-state index is 0.0619. The first-order valence-corrected chi connectivity index (χ1v) is 10.9. The molecule has 2 aliphatic rings. The Morgan fingerprint density at radius 2 is 1.82 bits per heavy atom. The van der Waals surface area contributed by atoms with Crippen molar-refractivity contribution in [3.05, 3.63) is 95.1 Å². The predicted molar refractivity (Wildman–Crippen MR) is 124 cm³/mol. The predicted octanol–water partition coefficient (Wildman–Crippen LogP) is 4.65. The molecule has 2 heterocycles. The van der Waals surface area contributed by atoms with Crippen LogP contribution in [0.4, 0.5) is 5.69 Å². The van der Waals surface area contributed by atoms with Crippen LogP contribution in [0.1, 0.15) is 29.7 Å².